The Labute approximate surface area is 145 Å². The van der Waals surface area contributed by atoms with Crippen LogP contribution in [0.4, 0.5) is 10.1 Å². The Morgan fingerprint density at radius 3 is 2.44 bits per heavy atom. The fourth-order valence-corrected chi connectivity index (χ4v) is 2.46. The third-order valence-corrected chi connectivity index (χ3v) is 3.98. The van der Waals surface area contributed by atoms with Gasteiger partial charge in [-0.2, -0.15) is 0 Å². The standard InChI is InChI=1S/C19H19FN2O3/c1-21-16-5-3-2-4-15(16)19(24)25-17(18(23)22-14-10-11-14)12-6-8-13(20)9-7-12/h2-9,14,17,21H,10-11H2,1H3,(H,22,23). The molecule has 0 aliphatic heterocycles. The van der Waals surface area contributed by atoms with Crippen LogP contribution in [0.1, 0.15) is 34.9 Å². The summed E-state index contributed by atoms with van der Waals surface area (Å²) in [4.78, 5) is 25.1. The zero-order valence-electron chi connectivity index (χ0n) is 13.8. The number of para-hydroxylation sites is 1. The Kier molecular flexibility index (Phi) is 4.97. The van der Waals surface area contributed by atoms with Gasteiger partial charge in [-0.15, -0.1) is 0 Å². The van der Waals surface area contributed by atoms with Crippen LogP contribution in [0.2, 0.25) is 0 Å². The molecular weight excluding hydrogens is 323 g/mol. The first-order chi connectivity index (χ1) is 12.1. The fourth-order valence-electron chi connectivity index (χ4n) is 2.46. The normalized spacial score (nSPS) is 14.5. The average Bonchev–Trinajstić information content (AvgIpc) is 3.44. The number of carbonyl (C=O) groups is 2. The molecule has 6 heteroatoms. The molecule has 0 bridgehead atoms. The molecule has 2 aromatic carbocycles. The number of amides is 1. The van der Waals surface area contributed by atoms with E-state index in [1.807, 2.05) is 0 Å². The van der Waals surface area contributed by atoms with E-state index in [4.69, 9.17) is 4.74 Å². The Bertz CT molecular complexity index is 772. The van der Waals surface area contributed by atoms with E-state index < -0.39 is 23.8 Å². The zero-order chi connectivity index (χ0) is 17.8. The van der Waals surface area contributed by atoms with E-state index in [1.165, 1.54) is 24.3 Å². The first-order valence-corrected chi connectivity index (χ1v) is 8.12. The van der Waals surface area contributed by atoms with Crippen LogP contribution in [0.15, 0.2) is 48.5 Å². The van der Waals surface area contributed by atoms with Gasteiger partial charge in [-0.25, -0.2) is 9.18 Å². The molecule has 2 N–H and O–H groups in total. The van der Waals surface area contributed by atoms with E-state index in [0.717, 1.165) is 12.8 Å². The molecule has 0 aromatic heterocycles. The second-order valence-corrected chi connectivity index (χ2v) is 5.92. The molecule has 3 rings (SSSR count). The highest BCUT2D eigenvalue weighted by molar-refractivity contribution is 5.97. The van der Waals surface area contributed by atoms with Gasteiger partial charge >= 0.3 is 5.97 Å². The van der Waals surface area contributed by atoms with Crippen LogP contribution < -0.4 is 10.6 Å². The molecule has 1 unspecified atom stereocenters. The first kappa shape index (κ1) is 17.0. The molecule has 1 atom stereocenters. The number of esters is 1. The van der Waals surface area contributed by atoms with Crippen molar-refractivity contribution in [3.05, 3.63) is 65.5 Å². The molecule has 5 nitrogen and oxygen atoms in total. The van der Waals surface area contributed by atoms with Gasteiger partial charge in [-0.05, 0) is 37.1 Å². The van der Waals surface area contributed by atoms with E-state index in [-0.39, 0.29) is 6.04 Å². The maximum Gasteiger partial charge on any atom is 0.341 e. The lowest BCUT2D eigenvalue weighted by Gasteiger charge is -2.19. The highest BCUT2D eigenvalue weighted by Crippen LogP contribution is 2.25. The van der Waals surface area contributed by atoms with Crippen molar-refractivity contribution in [1.29, 1.82) is 0 Å². The summed E-state index contributed by atoms with van der Waals surface area (Å²) >= 11 is 0. The van der Waals surface area contributed by atoms with Gasteiger partial charge < -0.3 is 15.4 Å². The predicted octanol–water partition coefficient (Wildman–Crippen LogP) is 3.04. The van der Waals surface area contributed by atoms with E-state index >= 15 is 0 Å². The molecule has 1 aliphatic rings. The lowest BCUT2D eigenvalue weighted by atomic mass is 10.1. The van der Waals surface area contributed by atoms with E-state index in [2.05, 4.69) is 10.6 Å². The second kappa shape index (κ2) is 7.34. The number of rotatable bonds is 6. The molecular formula is C19H19FN2O3. The summed E-state index contributed by atoms with van der Waals surface area (Å²) in [5.74, 6) is -1.44. The van der Waals surface area contributed by atoms with Gasteiger partial charge in [0.05, 0.1) is 5.56 Å². The quantitative estimate of drug-likeness (QED) is 0.792. The van der Waals surface area contributed by atoms with Gasteiger partial charge in [0.1, 0.15) is 5.82 Å². The summed E-state index contributed by atoms with van der Waals surface area (Å²) in [5, 5.41) is 5.74. The van der Waals surface area contributed by atoms with Crippen LogP contribution in [0.3, 0.4) is 0 Å². The lowest BCUT2D eigenvalue weighted by molar-refractivity contribution is -0.130. The SMILES string of the molecule is CNc1ccccc1C(=O)OC(C(=O)NC1CC1)c1ccc(F)cc1. The second-order valence-electron chi connectivity index (χ2n) is 5.92. The van der Waals surface area contributed by atoms with Crippen molar-refractivity contribution >= 4 is 17.6 Å². The molecule has 2 aromatic rings. The number of halogens is 1. The molecule has 0 spiro atoms. The summed E-state index contributed by atoms with van der Waals surface area (Å²) in [6.45, 7) is 0. The summed E-state index contributed by atoms with van der Waals surface area (Å²) in [6, 6.07) is 12.4. The molecule has 1 amide bonds. The minimum Gasteiger partial charge on any atom is -0.444 e. The van der Waals surface area contributed by atoms with Gasteiger partial charge in [0.25, 0.3) is 5.91 Å². The highest BCUT2D eigenvalue weighted by atomic mass is 19.1. The highest BCUT2D eigenvalue weighted by Gasteiger charge is 2.31. The van der Waals surface area contributed by atoms with Gasteiger partial charge in [0.15, 0.2) is 0 Å². The van der Waals surface area contributed by atoms with Crippen molar-refractivity contribution in [2.45, 2.75) is 25.0 Å². The number of nitrogens with one attached hydrogen (secondary N) is 2. The Hall–Kier alpha value is -2.89. The number of benzene rings is 2. The van der Waals surface area contributed by atoms with Crippen molar-refractivity contribution in [3.8, 4) is 0 Å². The van der Waals surface area contributed by atoms with E-state index in [9.17, 15) is 14.0 Å². The van der Waals surface area contributed by atoms with Gasteiger partial charge in [0, 0.05) is 24.3 Å². The number of hydrogen-bond acceptors (Lipinski definition) is 4. The third-order valence-electron chi connectivity index (χ3n) is 3.98. The first-order valence-electron chi connectivity index (χ1n) is 8.12. The molecule has 0 saturated heterocycles. The van der Waals surface area contributed by atoms with Crippen LogP contribution in [-0.4, -0.2) is 25.0 Å². The van der Waals surface area contributed by atoms with Crippen LogP contribution in [-0.2, 0) is 9.53 Å². The van der Waals surface area contributed by atoms with Gasteiger partial charge in [-0.1, -0.05) is 24.3 Å². The molecule has 25 heavy (non-hydrogen) atoms. The number of hydrogen-bond donors (Lipinski definition) is 2. The topological polar surface area (TPSA) is 67.4 Å². The zero-order valence-corrected chi connectivity index (χ0v) is 13.8. The molecule has 0 radical (unpaired) electrons. The van der Waals surface area contributed by atoms with Gasteiger partial charge in [-0.3, -0.25) is 4.79 Å². The summed E-state index contributed by atoms with van der Waals surface area (Å²) in [5.41, 5.74) is 1.36. The lowest BCUT2D eigenvalue weighted by Crippen LogP contribution is -2.33. The minimum atomic E-state index is -1.13. The molecule has 130 valence electrons. The van der Waals surface area contributed by atoms with Crippen LogP contribution >= 0.6 is 0 Å². The van der Waals surface area contributed by atoms with E-state index in [1.54, 1.807) is 31.3 Å². The van der Waals surface area contributed by atoms with Crippen molar-refractivity contribution < 1.29 is 18.7 Å². The van der Waals surface area contributed by atoms with Crippen LogP contribution in [0, 0.1) is 5.82 Å². The summed E-state index contributed by atoms with van der Waals surface area (Å²) < 4.78 is 18.7. The minimum absolute atomic E-state index is 0.124. The van der Waals surface area contributed by atoms with Crippen molar-refractivity contribution in [2.75, 3.05) is 12.4 Å². The number of ether oxygens (including phenoxy) is 1. The maximum absolute atomic E-state index is 13.2. The average molecular weight is 342 g/mol. The molecule has 1 fully saturated rings. The summed E-state index contributed by atoms with van der Waals surface area (Å²) in [7, 11) is 1.70. The molecule has 1 saturated carbocycles. The monoisotopic (exact) mass is 342 g/mol. The van der Waals surface area contributed by atoms with Crippen LogP contribution in [0.25, 0.3) is 0 Å². The summed E-state index contributed by atoms with van der Waals surface area (Å²) in [6.07, 6.45) is 0.704. The van der Waals surface area contributed by atoms with Crippen molar-refractivity contribution in [3.63, 3.8) is 0 Å². The Morgan fingerprint density at radius 2 is 1.80 bits per heavy atom. The van der Waals surface area contributed by atoms with E-state index in [0.29, 0.717) is 16.8 Å². The third kappa shape index (κ3) is 4.15. The van der Waals surface area contributed by atoms with Crippen molar-refractivity contribution in [1.82, 2.24) is 5.32 Å². The smallest absolute Gasteiger partial charge is 0.341 e. The number of carbonyl (C=O) groups excluding carboxylic acids is 2. The largest absolute Gasteiger partial charge is 0.444 e. The molecule has 0 heterocycles. The Balaban J connectivity index is 1.84. The number of anilines is 1. The predicted molar refractivity (Wildman–Crippen MR) is 91.7 cm³/mol. The van der Waals surface area contributed by atoms with Crippen LogP contribution in [0.5, 0.6) is 0 Å². The Morgan fingerprint density at radius 1 is 1.12 bits per heavy atom. The van der Waals surface area contributed by atoms with Crippen molar-refractivity contribution in [2.24, 2.45) is 0 Å². The molecule has 1 aliphatic carbocycles. The van der Waals surface area contributed by atoms with Gasteiger partial charge in [0.2, 0.25) is 6.10 Å². The maximum atomic E-state index is 13.2. The fraction of sp³-hybridized carbons (Fsp3) is 0.263.